The lowest BCUT2D eigenvalue weighted by Crippen LogP contribution is -1.97. The van der Waals surface area contributed by atoms with Gasteiger partial charge in [0.25, 0.3) is 10.0 Å². The molecule has 0 N–H and O–H groups in total. The van der Waals surface area contributed by atoms with Gasteiger partial charge in [-0.25, -0.2) is 0 Å². The molecule has 1 rings (SSSR count). The molecule has 0 spiro atoms. The van der Waals surface area contributed by atoms with Crippen LogP contribution >= 0.6 is 0 Å². The first-order valence-electron chi connectivity index (χ1n) is 4.54. The first-order chi connectivity index (χ1) is 7.06. The molecule has 1 aromatic rings. The summed E-state index contributed by atoms with van der Waals surface area (Å²) < 4.78 is 26.8. The Labute approximate surface area is 90.2 Å². The van der Waals surface area contributed by atoms with Crippen molar-refractivity contribution in [2.75, 3.05) is 0 Å². The van der Waals surface area contributed by atoms with E-state index in [2.05, 4.69) is 4.40 Å². The SMILES string of the molecule is C/C=C(C)/C=N/S(=O)(=O)c1ccccc1. The molecule has 0 aliphatic carbocycles. The Hall–Kier alpha value is -1.42. The van der Waals surface area contributed by atoms with Gasteiger partial charge in [0.15, 0.2) is 0 Å². The van der Waals surface area contributed by atoms with E-state index >= 15 is 0 Å². The van der Waals surface area contributed by atoms with Gasteiger partial charge in [0, 0.05) is 6.21 Å². The standard InChI is InChI=1S/C11H13NO2S/c1-3-10(2)9-12-15(13,14)11-7-5-4-6-8-11/h3-9H,1-2H3/b10-3+,12-9+. The first-order valence-corrected chi connectivity index (χ1v) is 5.98. The molecule has 0 aliphatic heterocycles. The second kappa shape index (κ2) is 4.89. The molecular formula is C11H13NO2S. The molecule has 3 nitrogen and oxygen atoms in total. The monoisotopic (exact) mass is 223 g/mol. The Bertz CT molecular complexity index is 473. The highest BCUT2D eigenvalue weighted by molar-refractivity contribution is 7.90. The van der Waals surface area contributed by atoms with E-state index in [0.717, 1.165) is 5.57 Å². The van der Waals surface area contributed by atoms with Crippen LogP contribution in [-0.2, 0) is 10.0 Å². The molecular weight excluding hydrogens is 210 g/mol. The average Bonchev–Trinajstić information content (AvgIpc) is 2.27. The molecule has 0 atom stereocenters. The van der Waals surface area contributed by atoms with Crippen LogP contribution in [0.1, 0.15) is 13.8 Å². The van der Waals surface area contributed by atoms with E-state index in [0.29, 0.717) is 0 Å². The Balaban J connectivity index is 3.01. The predicted octanol–water partition coefficient (Wildman–Crippen LogP) is 2.41. The molecule has 15 heavy (non-hydrogen) atoms. The number of hydrogen-bond donors (Lipinski definition) is 0. The minimum Gasteiger partial charge on any atom is -0.199 e. The third kappa shape index (κ3) is 3.32. The van der Waals surface area contributed by atoms with Crippen LogP contribution in [0, 0.1) is 0 Å². The molecule has 0 aliphatic rings. The lowest BCUT2D eigenvalue weighted by molar-refractivity contribution is 0.598. The summed E-state index contributed by atoms with van der Waals surface area (Å²) in [4.78, 5) is 0.213. The molecule has 0 radical (unpaired) electrons. The van der Waals surface area contributed by atoms with Crippen molar-refractivity contribution >= 4 is 16.2 Å². The van der Waals surface area contributed by atoms with Gasteiger partial charge in [0.2, 0.25) is 0 Å². The van der Waals surface area contributed by atoms with Gasteiger partial charge in [-0.2, -0.15) is 12.8 Å². The summed E-state index contributed by atoms with van der Waals surface area (Å²) >= 11 is 0. The molecule has 0 saturated carbocycles. The van der Waals surface area contributed by atoms with Crippen LogP contribution in [0.2, 0.25) is 0 Å². The lowest BCUT2D eigenvalue weighted by Gasteiger charge is -1.96. The van der Waals surface area contributed by atoms with Crippen molar-refractivity contribution in [2.45, 2.75) is 18.7 Å². The predicted molar refractivity (Wildman–Crippen MR) is 61.6 cm³/mol. The van der Waals surface area contributed by atoms with Crippen LogP contribution in [0.5, 0.6) is 0 Å². The third-order valence-corrected chi connectivity index (χ3v) is 3.14. The van der Waals surface area contributed by atoms with Gasteiger partial charge in [0.05, 0.1) is 4.90 Å². The van der Waals surface area contributed by atoms with Gasteiger partial charge in [-0.05, 0) is 31.6 Å². The molecule has 80 valence electrons. The van der Waals surface area contributed by atoms with Crippen molar-refractivity contribution in [3.63, 3.8) is 0 Å². The Kier molecular flexibility index (Phi) is 3.80. The van der Waals surface area contributed by atoms with Crippen molar-refractivity contribution in [2.24, 2.45) is 4.40 Å². The second-order valence-electron chi connectivity index (χ2n) is 3.06. The summed E-state index contributed by atoms with van der Waals surface area (Å²) in [5.41, 5.74) is 0.814. The number of nitrogens with zero attached hydrogens (tertiary/aromatic N) is 1. The van der Waals surface area contributed by atoms with E-state index < -0.39 is 10.0 Å². The van der Waals surface area contributed by atoms with Gasteiger partial charge < -0.3 is 0 Å². The molecule has 0 fully saturated rings. The number of benzene rings is 1. The maximum atomic E-state index is 11.6. The average molecular weight is 223 g/mol. The zero-order valence-electron chi connectivity index (χ0n) is 8.71. The minimum absolute atomic E-state index is 0.213. The third-order valence-electron chi connectivity index (χ3n) is 1.89. The van der Waals surface area contributed by atoms with Gasteiger partial charge >= 0.3 is 0 Å². The highest BCUT2D eigenvalue weighted by atomic mass is 32.2. The quantitative estimate of drug-likeness (QED) is 0.739. The fourth-order valence-electron chi connectivity index (χ4n) is 0.880. The Morgan fingerprint density at radius 2 is 1.87 bits per heavy atom. The highest BCUT2D eigenvalue weighted by Crippen LogP contribution is 2.10. The molecule has 0 saturated heterocycles. The molecule has 0 amide bonds. The fraction of sp³-hybridized carbons (Fsp3) is 0.182. The maximum Gasteiger partial charge on any atom is 0.282 e. The van der Waals surface area contributed by atoms with Crippen molar-refractivity contribution in [1.82, 2.24) is 0 Å². The van der Waals surface area contributed by atoms with Crippen LogP contribution in [0.3, 0.4) is 0 Å². The summed E-state index contributed by atoms with van der Waals surface area (Å²) in [5.74, 6) is 0. The Morgan fingerprint density at radius 3 is 2.40 bits per heavy atom. The number of sulfonamides is 1. The van der Waals surface area contributed by atoms with E-state index in [4.69, 9.17) is 0 Å². The van der Waals surface area contributed by atoms with Crippen LogP contribution in [-0.4, -0.2) is 14.6 Å². The molecule has 4 heteroatoms. The van der Waals surface area contributed by atoms with Crippen LogP contribution in [0.25, 0.3) is 0 Å². The highest BCUT2D eigenvalue weighted by Gasteiger charge is 2.09. The van der Waals surface area contributed by atoms with Crippen LogP contribution in [0.4, 0.5) is 0 Å². The Morgan fingerprint density at radius 1 is 1.27 bits per heavy atom. The zero-order chi connectivity index (χ0) is 11.3. The summed E-state index contributed by atoms with van der Waals surface area (Å²) in [6, 6.07) is 8.16. The van der Waals surface area contributed by atoms with Crippen molar-refractivity contribution in [3.05, 3.63) is 42.0 Å². The summed E-state index contributed by atoms with van der Waals surface area (Å²) in [6.45, 7) is 3.63. The number of hydrogen-bond acceptors (Lipinski definition) is 2. The van der Waals surface area contributed by atoms with E-state index in [-0.39, 0.29) is 4.90 Å². The number of allylic oxidation sites excluding steroid dienone is 2. The molecule has 0 unspecified atom stereocenters. The minimum atomic E-state index is -3.54. The van der Waals surface area contributed by atoms with Gasteiger partial charge in [-0.3, -0.25) is 0 Å². The summed E-state index contributed by atoms with van der Waals surface area (Å²) in [5, 5.41) is 0. The van der Waals surface area contributed by atoms with Crippen LogP contribution in [0.15, 0.2) is 51.3 Å². The molecule has 0 bridgehead atoms. The van der Waals surface area contributed by atoms with Gasteiger partial charge in [0.1, 0.15) is 0 Å². The molecule has 0 heterocycles. The van der Waals surface area contributed by atoms with E-state index in [1.807, 2.05) is 6.92 Å². The van der Waals surface area contributed by atoms with E-state index in [1.54, 1.807) is 31.2 Å². The maximum absolute atomic E-state index is 11.6. The fourth-order valence-corrected chi connectivity index (χ4v) is 1.81. The largest absolute Gasteiger partial charge is 0.282 e. The second-order valence-corrected chi connectivity index (χ2v) is 4.69. The van der Waals surface area contributed by atoms with Crippen molar-refractivity contribution < 1.29 is 8.42 Å². The first kappa shape index (κ1) is 11.7. The van der Waals surface area contributed by atoms with Crippen LogP contribution < -0.4 is 0 Å². The molecule has 1 aromatic carbocycles. The summed E-state index contributed by atoms with van der Waals surface area (Å²) in [7, 11) is -3.54. The number of rotatable bonds is 3. The topological polar surface area (TPSA) is 46.5 Å². The van der Waals surface area contributed by atoms with E-state index in [1.165, 1.54) is 18.3 Å². The molecule has 0 aromatic heterocycles. The smallest absolute Gasteiger partial charge is 0.199 e. The van der Waals surface area contributed by atoms with Gasteiger partial charge in [-0.1, -0.05) is 24.3 Å². The normalized spacial score (nSPS) is 13.3. The van der Waals surface area contributed by atoms with Crippen molar-refractivity contribution in [1.29, 1.82) is 0 Å². The van der Waals surface area contributed by atoms with Gasteiger partial charge in [-0.15, -0.1) is 0 Å². The summed E-state index contributed by atoms with van der Waals surface area (Å²) in [6.07, 6.45) is 3.15. The lowest BCUT2D eigenvalue weighted by atomic mass is 10.3. The van der Waals surface area contributed by atoms with E-state index in [9.17, 15) is 8.42 Å². The van der Waals surface area contributed by atoms with Crippen molar-refractivity contribution in [3.8, 4) is 0 Å². The zero-order valence-corrected chi connectivity index (χ0v) is 9.53.